The van der Waals surface area contributed by atoms with Crippen LogP contribution in [0.1, 0.15) is 0 Å². The second-order valence-corrected chi connectivity index (χ2v) is 1.19. The summed E-state index contributed by atoms with van der Waals surface area (Å²) in [6.07, 6.45) is 3.16. The van der Waals surface area contributed by atoms with E-state index in [1.807, 2.05) is 0 Å². The van der Waals surface area contributed by atoms with Gasteiger partial charge in [-0.25, -0.2) is 9.98 Å². The molecule has 1 heterocycles. The monoisotopic (exact) mass is 110 g/mol. The summed E-state index contributed by atoms with van der Waals surface area (Å²) in [5.74, 6) is 0.495. The third-order valence-electron chi connectivity index (χ3n) is 0.552. The fraction of sp³-hybridized carbons (Fsp3) is 0. The lowest BCUT2D eigenvalue weighted by Gasteiger charge is -1.70. The summed E-state index contributed by atoms with van der Waals surface area (Å²) in [6, 6.07) is 0. The van der Waals surface area contributed by atoms with E-state index >= 15 is 0 Å². The average Bonchev–Trinajstić information content (AvgIpc) is 2.14. The van der Waals surface area contributed by atoms with E-state index in [1.54, 1.807) is 12.4 Å². The van der Waals surface area contributed by atoms with Crippen LogP contribution < -0.4 is 0 Å². The summed E-state index contributed by atoms with van der Waals surface area (Å²) >= 11 is 4.40. The van der Waals surface area contributed by atoms with Gasteiger partial charge in [-0.3, -0.25) is 0 Å². The van der Waals surface area contributed by atoms with Gasteiger partial charge in [0.25, 0.3) is 0 Å². The Kier molecular flexibility index (Phi) is 1.11. The number of nitrogens with zero attached hydrogens (tertiary/aromatic N) is 2. The third kappa shape index (κ3) is 0.796. The molecule has 0 radical (unpaired) electrons. The Bertz CT molecular complexity index is 160. The zero-order chi connectivity index (χ0) is 5.11. The van der Waals surface area contributed by atoms with Crippen molar-refractivity contribution < 1.29 is 0 Å². The zero-order valence-corrected chi connectivity index (χ0v) is 4.27. The van der Waals surface area contributed by atoms with Crippen LogP contribution in [0.4, 0.5) is 0 Å². The fourth-order valence-corrected chi connectivity index (χ4v) is 0.399. The van der Waals surface area contributed by atoms with Crippen LogP contribution in [0.5, 0.6) is 0 Å². The Morgan fingerprint density at radius 3 is 2.29 bits per heavy atom. The van der Waals surface area contributed by atoms with Crippen LogP contribution in [0, 0.1) is 0 Å². The van der Waals surface area contributed by atoms with Crippen LogP contribution in [0.25, 0.3) is 0 Å². The predicted octanol–water partition coefficient (Wildman–Crippen LogP) is 0.582. The number of thiocarbonyl (C=S) groups is 1. The molecule has 0 amide bonds. The number of aliphatic imine (C=N–C) groups is 2. The molecular weight excluding hydrogens is 108 g/mol. The smallest absolute Gasteiger partial charge is 0.208 e. The van der Waals surface area contributed by atoms with Crippen molar-refractivity contribution in [2.45, 2.75) is 0 Å². The SMILES string of the molecule is S=C=C1N=CC=N1. The van der Waals surface area contributed by atoms with Crippen LogP contribution in [0.2, 0.25) is 0 Å². The molecule has 1 aliphatic heterocycles. The molecule has 3 heteroatoms. The summed E-state index contributed by atoms with van der Waals surface area (Å²) in [5.41, 5.74) is 0. The lowest BCUT2D eigenvalue weighted by Crippen LogP contribution is -1.59. The normalized spacial score (nSPS) is 15.1. The molecule has 2 nitrogen and oxygen atoms in total. The minimum absolute atomic E-state index is 0.495. The van der Waals surface area contributed by atoms with Crippen LogP contribution >= 0.6 is 12.2 Å². The van der Waals surface area contributed by atoms with Crippen molar-refractivity contribution in [2.75, 3.05) is 0 Å². The highest BCUT2D eigenvalue weighted by molar-refractivity contribution is 7.78. The summed E-state index contributed by atoms with van der Waals surface area (Å²) < 4.78 is 0. The van der Waals surface area contributed by atoms with Crippen molar-refractivity contribution in [3.05, 3.63) is 5.82 Å². The van der Waals surface area contributed by atoms with Gasteiger partial charge in [-0.1, -0.05) is 0 Å². The molecule has 0 aromatic heterocycles. The van der Waals surface area contributed by atoms with Crippen LogP contribution in [-0.2, 0) is 0 Å². The maximum atomic E-state index is 4.40. The largest absolute Gasteiger partial charge is 0.228 e. The molecule has 0 saturated carbocycles. The van der Waals surface area contributed by atoms with Crippen molar-refractivity contribution in [3.63, 3.8) is 0 Å². The predicted molar refractivity (Wildman–Crippen MR) is 33.1 cm³/mol. The van der Waals surface area contributed by atoms with E-state index in [1.165, 1.54) is 0 Å². The molecule has 7 heavy (non-hydrogen) atoms. The van der Waals surface area contributed by atoms with Crippen molar-refractivity contribution in [3.8, 4) is 0 Å². The van der Waals surface area contributed by atoms with Crippen LogP contribution in [0.3, 0.4) is 0 Å². The highest BCUT2D eigenvalue weighted by atomic mass is 32.1. The van der Waals surface area contributed by atoms with E-state index in [2.05, 4.69) is 27.2 Å². The lowest BCUT2D eigenvalue weighted by atomic mass is 10.9. The molecule has 0 fully saturated rings. The van der Waals surface area contributed by atoms with Crippen molar-refractivity contribution in [1.82, 2.24) is 0 Å². The van der Waals surface area contributed by atoms with E-state index in [9.17, 15) is 0 Å². The lowest BCUT2D eigenvalue weighted by molar-refractivity contribution is 1.34. The molecule has 0 spiro atoms. The second kappa shape index (κ2) is 1.78. The van der Waals surface area contributed by atoms with Gasteiger partial charge in [0.2, 0.25) is 5.82 Å². The Balaban J connectivity index is 3.00. The van der Waals surface area contributed by atoms with E-state index in [-0.39, 0.29) is 0 Å². The summed E-state index contributed by atoms with van der Waals surface area (Å²) in [5, 5.41) is 2.37. The molecule has 0 aliphatic carbocycles. The number of hydrogen-bond donors (Lipinski definition) is 0. The second-order valence-electron chi connectivity index (χ2n) is 0.982. The van der Waals surface area contributed by atoms with Gasteiger partial charge >= 0.3 is 0 Å². The Hall–Kier alpha value is -0.790. The van der Waals surface area contributed by atoms with E-state index < -0.39 is 0 Å². The molecule has 0 saturated heterocycles. The molecule has 0 atom stereocenters. The van der Waals surface area contributed by atoms with E-state index in [0.29, 0.717) is 5.82 Å². The van der Waals surface area contributed by atoms with Gasteiger partial charge in [0.1, 0.15) is 0 Å². The number of rotatable bonds is 0. The van der Waals surface area contributed by atoms with Crippen molar-refractivity contribution >= 4 is 29.7 Å². The minimum Gasteiger partial charge on any atom is -0.228 e. The van der Waals surface area contributed by atoms with E-state index in [4.69, 9.17) is 0 Å². The van der Waals surface area contributed by atoms with Crippen molar-refractivity contribution in [2.24, 2.45) is 9.98 Å². The quantitative estimate of drug-likeness (QED) is 0.419. The fourth-order valence-electron chi connectivity index (χ4n) is 0.294. The van der Waals surface area contributed by atoms with Crippen LogP contribution in [0.15, 0.2) is 15.8 Å². The Morgan fingerprint density at radius 2 is 2.00 bits per heavy atom. The zero-order valence-electron chi connectivity index (χ0n) is 3.46. The summed E-state index contributed by atoms with van der Waals surface area (Å²) in [7, 11) is 0. The molecule has 34 valence electrons. The summed E-state index contributed by atoms with van der Waals surface area (Å²) in [6.45, 7) is 0. The van der Waals surface area contributed by atoms with Gasteiger partial charge in [-0.2, -0.15) is 0 Å². The van der Waals surface area contributed by atoms with Gasteiger partial charge in [0, 0.05) is 17.5 Å². The Morgan fingerprint density at radius 1 is 1.43 bits per heavy atom. The van der Waals surface area contributed by atoms with Gasteiger partial charge in [0.15, 0.2) is 0 Å². The molecule has 0 aromatic carbocycles. The first-order chi connectivity index (χ1) is 3.43. The minimum atomic E-state index is 0.495. The first-order valence-corrected chi connectivity index (χ1v) is 2.16. The topological polar surface area (TPSA) is 24.7 Å². The van der Waals surface area contributed by atoms with E-state index in [0.717, 1.165) is 0 Å². The Labute approximate surface area is 46.3 Å². The van der Waals surface area contributed by atoms with Crippen molar-refractivity contribution in [1.29, 1.82) is 0 Å². The highest BCUT2D eigenvalue weighted by Crippen LogP contribution is 1.93. The first-order valence-electron chi connectivity index (χ1n) is 1.75. The van der Waals surface area contributed by atoms with Gasteiger partial charge in [0.05, 0.1) is 0 Å². The van der Waals surface area contributed by atoms with Gasteiger partial charge in [-0.15, -0.1) is 0 Å². The summed E-state index contributed by atoms with van der Waals surface area (Å²) in [4.78, 5) is 7.42. The molecular formula is C4H2N2S. The molecule has 0 bridgehead atoms. The molecule has 1 aliphatic rings. The maximum Gasteiger partial charge on any atom is 0.208 e. The molecule has 0 N–H and O–H groups in total. The maximum absolute atomic E-state index is 4.40. The van der Waals surface area contributed by atoms with Gasteiger partial charge < -0.3 is 0 Å². The van der Waals surface area contributed by atoms with Crippen LogP contribution in [-0.4, -0.2) is 17.5 Å². The third-order valence-corrected chi connectivity index (χ3v) is 0.734. The molecule has 0 aromatic rings. The standard InChI is InChI=1S/C4H2N2S/c7-3-4-5-1-2-6-4/h1-2H. The average molecular weight is 110 g/mol. The first kappa shape index (κ1) is 4.37. The number of hydrogen-bond acceptors (Lipinski definition) is 3. The highest BCUT2D eigenvalue weighted by Gasteiger charge is 1.87. The molecule has 0 unspecified atom stereocenters. The molecule has 1 rings (SSSR count). The van der Waals surface area contributed by atoms with Gasteiger partial charge in [-0.05, 0) is 12.2 Å².